The van der Waals surface area contributed by atoms with Gasteiger partial charge in [-0.05, 0) is 48.1 Å². The molecule has 0 bridgehead atoms. The minimum Gasteiger partial charge on any atom is -0.357 e. The molecule has 1 aliphatic rings. The van der Waals surface area contributed by atoms with Gasteiger partial charge in [0, 0.05) is 26.2 Å². The zero-order chi connectivity index (χ0) is 15.8. The number of nitrogens with one attached hydrogen (secondary N) is 2. The SMILES string of the molecule is CCNC(=NCC(=O)N1CCCC1)NCC(C)c1ccsc1. The molecule has 1 saturated heterocycles. The van der Waals surface area contributed by atoms with Crippen LogP contribution in [0.1, 0.15) is 38.2 Å². The Hall–Kier alpha value is -1.56. The number of likely N-dealkylation sites (tertiary alicyclic amines) is 1. The Balaban J connectivity index is 1.82. The first kappa shape index (κ1) is 16.8. The Morgan fingerprint density at radius 2 is 2.18 bits per heavy atom. The van der Waals surface area contributed by atoms with Crippen LogP contribution in [-0.4, -0.2) is 49.5 Å². The summed E-state index contributed by atoms with van der Waals surface area (Å²) in [6, 6.07) is 2.15. The van der Waals surface area contributed by atoms with Crippen molar-refractivity contribution in [2.45, 2.75) is 32.6 Å². The van der Waals surface area contributed by atoms with Crippen LogP contribution in [-0.2, 0) is 4.79 Å². The summed E-state index contributed by atoms with van der Waals surface area (Å²) in [5, 5.41) is 10.8. The molecule has 0 radical (unpaired) electrons. The molecule has 22 heavy (non-hydrogen) atoms. The summed E-state index contributed by atoms with van der Waals surface area (Å²) in [7, 11) is 0. The molecular formula is C16H26N4OS. The number of nitrogens with zero attached hydrogens (tertiary/aromatic N) is 2. The number of thiophene rings is 1. The predicted octanol–water partition coefficient (Wildman–Crippen LogP) is 2.03. The van der Waals surface area contributed by atoms with Crippen molar-refractivity contribution in [2.75, 3.05) is 32.7 Å². The van der Waals surface area contributed by atoms with Gasteiger partial charge in [0.15, 0.2) is 5.96 Å². The van der Waals surface area contributed by atoms with Crippen LogP contribution in [0.5, 0.6) is 0 Å². The summed E-state index contributed by atoms with van der Waals surface area (Å²) < 4.78 is 0. The second-order valence-electron chi connectivity index (χ2n) is 5.62. The summed E-state index contributed by atoms with van der Waals surface area (Å²) in [6.07, 6.45) is 2.23. The average molecular weight is 322 g/mol. The van der Waals surface area contributed by atoms with Gasteiger partial charge in [0.1, 0.15) is 6.54 Å². The van der Waals surface area contributed by atoms with Crippen molar-refractivity contribution in [2.24, 2.45) is 4.99 Å². The van der Waals surface area contributed by atoms with Gasteiger partial charge in [-0.25, -0.2) is 4.99 Å². The van der Waals surface area contributed by atoms with Gasteiger partial charge in [0.05, 0.1) is 0 Å². The van der Waals surface area contributed by atoms with Crippen LogP contribution in [0.4, 0.5) is 0 Å². The second-order valence-corrected chi connectivity index (χ2v) is 6.40. The van der Waals surface area contributed by atoms with Gasteiger partial charge in [-0.15, -0.1) is 0 Å². The first-order chi connectivity index (χ1) is 10.7. The van der Waals surface area contributed by atoms with Crippen molar-refractivity contribution < 1.29 is 4.79 Å². The Labute approximate surface area is 136 Å². The minimum absolute atomic E-state index is 0.126. The summed E-state index contributed by atoms with van der Waals surface area (Å²) in [5.74, 6) is 1.27. The molecule has 1 amide bonds. The number of carbonyl (C=O) groups excluding carboxylic acids is 1. The molecule has 1 aliphatic heterocycles. The van der Waals surface area contributed by atoms with Crippen molar-refractivity contribution in [1.82, 2.24) is 15.5 Å². The number of guanidine groups is 1. The van der Waals surface area contributed by atoms with E-state index in [0.29, 0.717) is 5.92 Å². The largest absolute Gasteiger partial charge is 0.357 e. The number of carbonyl (C=O) groups is 1. The van der Waals surface area contributed by atoms with E-state index in [-0.39, 0.29) is 12.5 Å². The third-order valence-corrected chi connectivity index (χ3v) is 4.56. The molecular weight excluding hydrogens is 296 g/mol. The van der Waals surface area contributed by atoms with Crippen molar-refractivity contribution in [3.8, 4) is 0 Å². The molecule has 1 aromatic heterocycles. The van der Waals surface area contributed by atoms with Crippen molar-refractivity contribution in [3.05, 3.63) is 22.4 Å². The van der Waals surface area contributed by atoms with Crippen LogP contribution < -0.4 is 10.6 Å². The molecule has 2 heterocycles. The highest BCUT2D eigenvalue weighted by Crippen LogP contribution is 2.16. The highest BCUT2D eigenvalue weighted by atomic mass is 32.1. The molecule has 0 spiro atoms. The van der Waals surface area contributed by atoms with Crippen LogP contribution in [0.15, 0.2) is 21.8 Å². The fourth-order valence-electron chi connectivity index (χ4n) is 2.48. The number of rotatable bonds is 6. The van der Waals surface area contributed by atoms with Crippen LogP contribution in [0, 0.1) is 0 Å². The van der Waals surface area contributed by atoms with E-state index in [9.17, 15) is 4.79 Å². The van der Waals surface area contributed by atoms with E-state index in [4.69, 9.17) is 0 Å². The van der Waals surface area contributed by atoms with Crippen molar-refractivity contribution in [1.29, 1.82) is 0 Å². The number of amides is 1. The average Bonchev–Trinajstić information content (AvgIpc) is 3.22. The van der Waals surface area contributed by atoms with E-state index in [0.717, 1.165) is 45.0 Å². The van der Waals surface area contributed by atoms with E-state index in [2.05, 4.69) is 39.4 Å². The van der Waals surface area contributed by atoms with Gasteiger partial charge in [-0.3, -0.25) is 4.79 Å². The van der Waals surface area contributed by atoms with E-state index in [1.165, 1.54) is 5.56 Å². The molecule has 6 heteroatoms. The van der Waals surface area contributed by atoms with E-state index in [1.54, 1.807) is 11.3 Å². The van der Waals surface area contributed by atoms with Crippen LogP contribution >= 0.6 is 11.3 Å². The smallest absolute Gasteiger partial charge is 0.244 e. The van der Waals surface area contributed by atoms with Gasteiger partial charge in [0.2, 0.25) is 5.91 Å². The summed E-state index contributed by atoms with van der Waals surface area (Å²) in [4.78, 5) is 18.4. The first-order valence-electron chi connectivity index (χ1n) is 8.02. The monoisotopic (exact) mass is 322 g/mol. The fourth-order valence-corrected chi connectivity index (χ4v) is 3.26. The Morgan fingerprint density at radius 3 is 2.82 bits per heavy atom. The molecule has 1 aromatic rings. The topological polar surface area (TPSA) is 56.7 Å². The summed E-state index contributed by atoms with van der Waals surface area (Å²) in [6.45, 7) is 7.80. The second kappa shape index (κ2) is 8.78. The Bertz CT molecular complexity index is 480. The number of hydrogen-bond acceptors (Lipinski definition) is 3. The van der Waals surface area contributed by atoms with Gasteiger partial charge in [-0.1, -0.05) is 6.92 Å². The van der Waals surface area contributed by atoms with E-state index < -0.39 is 0 Å². The normalized spacial score (nSPS) is 16.6. The number of hydrogen-bond donors (Lipinski definition) is 2. The molecule has 2 N–H and O–H groups in total. The van der Waals surface area contributed by atoms with Crippen molar-refractivity contribution in [3.63, 3.8) is 0 Å². The fraction of sp³-hybridized carbons (Fsp3) is 0.625. The third kappa shape index (κ3) is 5.02. The van der Waals surface area contributed by atoms with Crippen LogP contribution in [0.3, 0.4) is 0 Å². The molecule has 0 aliphatic carbocycles. The molecule has 2 rings (SSSR count). The van der Waals surface area contributed by atoms with E-state index >= 15 is 0 Å². The Kier molecular flexibility index (Phi) is 6.71. The maximum absolute atomic E-state index is 12.0. The van der Waals surface area contributed by atoms with Crippen LogP contribution in [0.25, 0.3) is 0 Å². The summed E-state index contributed by atoms with van der Waals surface area (Å²) in [5.41, 5.74) is 1.33. The standard InChI is InChI=1S/C16H26N4OS/c1-3-17-16(18-10-13(2)14-6-9-22-12-14)19-11-15(21)20-7-4-5-8-20/h6,9,12-13H,3-5,7-8,10-11H2,1-2H3,(H2,17,18,19). The summed E-state index contributed by atoms with van der Waals surface area (Å²) >= 11 is 1.72. The third-order valence-electron chi connectivity index (χ3n) is 3.86. The molecule has 1 atom stereocenters. The minimum atomic E-state index is 0.126. The lowest BCUT2D eigenvalue weighted by Gasteiger charge is -2.17. The molecule has 122 valence electrons. The Morgan fingerprint density at radius 1 is 1.41 bits per heavy atom. The zero-order valence-electron chi connectivity index (χ0n) is 13.5. The highest BCUT2D eigenvalue weighted by Gasteiger charge is 2.17. The highest BCUT2D eigenvalue weighted by molar-refractivity contribution is 7.07. The molecule has 0 aromatic carbocycles. The number of aliphatic imine (C=N–C) groups is 1. The van der Waals surface area contributed by atoms with E-state index in [1.807, 2.05) is 11.8 Å². The van der Waals surface area contributed by atoms with Gasteiger partial charge >= 0.3 is 0 Å². The lowest BCUT2D eigenvalue weighted by atomic mass is 10.1. The quantitative estimate of drug-likeness (QED) is 0.622. The van der Waals surface area contributed by atoms with Gasteiger partial charge in [0.25, 0.3) is 0 Å². The maximum Gasteiger partial charge on any atom is 0.244 e. The van der Waals surface area contributed by atoms with Gasteiger partial charge < -0.3 is 15.5 Å². The van der Waals surface area contributed by atoms with Crippen LogP contribution in [0.2, 0.25) is 0 Å². The molecule has 5 nitrogen and oxygen atoms in total. The first-order valence-corrected chi connectivity index (χ1v) is 8.97. The molecule has 1 fully saturated rings. The molecule has 1 unspecified atom stereocenters. The van der Waals surface area contributed by atoms with Gasteiger partial charge in [-0.2, -0.15) is 11.3 Å². The predicted molar refractivity (Wildman–Crippen MR) is 92.5 cm³/mol. The molecule has 0 saturated carbocycles. The lowest BCUT2D eigenvalue weighted by molar-refractivity contribution is -0.128. The van der Waals surface area contributed by atoms with Crippen molar-refractivity contribution >= 4 is 23.2 Å². The maximum atomic E-state index is 12.0. The zero-order valence-corrected chi connectivity index (χ0v) is 14.3. The lowest BCUT2D eigenvalue weighted by Crippen LogP contribution is -2.40.